The number of likely N-dealkylation sites (tertiary alicyclic amines) is 1. The minimum atomic E-state index is -0.510. The third kappa shape index (κ3) is 2.81. The fourth-order valence-electron chi connectivity index (χ4n) is 4.53. The molecule has 1 aromatic carbocycles. The number of nitro benzene ring substituents is 1. The number of nitro groups is 1. The van der Waals surface area contributed by atoms with Gasteiger partial charge in [0.15, 0.2) is 0 Å². The van der Waals surface area contributed by atoms with Crippen LogP contribution in [-0.2, 0) is 14.4 Å². The summed E-state index contributed by atoms with van der Waals surface area (Å²) < 4.78 is 0. The molecule has 4 aliphatic rings. The predicted molar refractivity (Wildman–Crippen MR) is 95.5 cm³/mol. The average Bonchev–Trinajstić information content (AvgIpc) is 2.91. The fraction of sp³-hybridized carbons (Fsp3) is 0.421. The van der Waals surface area contributed by atoms with Crippen molar-refractivity contribution >= 4 is 29.1 Å². The van der Waals surface area contributed by atoms with Crippen LogP contribution in [0, 0.1) is 40.7 Å². The molecule has 1 saturated heterocycles. The zero-order valence-electron chi connectivity index (χ0n) is 14.8. The van der Waals surface area contributed by atoms with Gasteiger partial charge in [0.05, 0.1) is 16.8 Å². The zero-order chi connectivity index (χ0) is 19.3. The van der Waals surface area contributed by atoms with Crippen LogP contribution in [0.2, 0.25) is 0 Å². The number of amides is 3. The average molecular weight is 369 g/mol. The molecule has 5 rings (SSSR count). The highest BCUT2D eigenvalue weighted by Gasteiger charge is 2.56. The Balaban J connectivity index is 1.47. The van der Waals surface area contributed by atoms with Crippen LogP contribution in [0.3, 0.4) is 0 Å². The Morgan fingerprint density at radius 1 is 1.19 bits per heavy atom. The quantitative estimate of drug-likeness (QED) is 0.378. The van der Waals surface area contributed by atoms with Crippen molar-refractivity contribution in [3.63, 3.8) is 0 Å². The number of nitrogens with zero attached hydrogens (tertiary/aromatic N) is 2. The Kier molecular flexibility index (Phi) is 4.05. The van der Waals surface area contributed by atoms with Crippen molar-refractivity contribution in [1.29, 1.82) is 0 Å². The number of anilines is 1. The van der Waals surface area contributed by atoms with Crippen molar-refractivity contribution < 1.29 is 19.3 Å². The van der Waals surface area contributed by atoms with E-state index in [4.69, 9.17) is 0 Å². The third-order valence-corrected chi connectivity index (χ3v) is 5.85. The number of hydrogen-bond donors (Lipinski definition) is 1. The standard InChI is InChI=1S/C19H19N3O5/c1-10-8-13(22(26)27)6-7-14(10)20-15(23)9-21-18(24)16-11-2-3-12(5-4-11)17(16)19(21)25/h2-3,6-8,11-12,16-17H,4-5,9H2,1H3,(H,20,23). The summed E-state index contributed by atoms with van der Waals surface area (Å²) >= 11 is 0. The largest absolute Gasteiger partial charge is 0.324 e. The third-order valence-electron chi connectivity index (χ3n) is 5.85. The van der Waals surface area contributed by atoms with Gasteiger partial charge in [-0.05, 0) is 43.2 Å². The molecule has 0 spiro atoms. The minimum Gasteiger partial charge on any atom is -0.324 e. The predicted octanol–water partition coefficient (Wildman–Crippen LogP) is 2.04. The summed E-state index contributed by atoms with van der Waals surface area (Å²) in [7, 11) is 0. The molecule has 0 radical (unpaired) electrons. The van der Waals surface area contributed by atoms with Crippen LogP contribution >= 0.6 is 0 Å². The molecule has 0 aromatic heterocycles. The van der Waals surface area contributed by atoms with Crippen LogP contribution in [-0.4, -0.2) is 34.1 Å². The monoisotopic (exact) mass is 369 g/mol. The lowest BCUT2D eigenvalue weighted by Crippen LogP contribution is -2.38. The van der Waals surface area contributed by atoms with Crippen molar-refractivity contribution in [2.75, 3.05) is 11.9 Å². The van der Waals surface area contributed by atoms with Crippen LogP contribution in [0.5, 0.6) is 0 Å². The van der Waals surface area contributed by atoms with Gasteiger partial charge >= 0.3 is 0 Å². The summed E-state index contributed by atoms with van der Waals surface area (Å²) in [5.41, 5.74) is 0.888. The number of benzene rings is 1. The first-order valence-electron chi connectivity index (χ1n) is 8.95. The smallest absolute Gasteiger partial charge is 0.269 e. The zero-order valence-corrected chi connectivity index (χ0v) is 14.8. The van der Waals surface area contributed by atoms with E-state index in [1.54, 1.807) is 6.92 Å². The number of non-ortho nitro benzene ring substituents is 1. The molecule has 4 atom stereocenters. The van der Waals surface area contributed by atoms with Crippen molar-refractivity contribution in [2.24, 2.45) is 23.7 Å². The molecular weight excluding hydrogens is 350 g/mol. The SMILES string of the molecule is Cc1cc([N+](=O)[O-])ccc1NC(=O)CN1C(=O)C2C3C=CC(CC3)C2C1=O. The van der Waals surface area contributed by atoms with Crippen molar-refractivity contribution in [3.05, 3.63) is 46.0 Å². The van der Waals surface area contributed by atoms with Crippen LogP contribution in [0.15, 0.2) is 30.4 Å². The molecule has 3 amide bonds. The van der Waals surface area contributed by atoms with Crippen LogP contribution < -0.4 is 5.32 Å². The Bertz CT molecular complexity index is 861. The number of carbonyl (C=O) groups excluding carboxylic acids is 3. The number of nitrogens with one attached hydrogen (secondary N) is 1. The summed E-state index contributed by atoms with van der Waals surface area (Å²) in [4.78, 5) is 49.2. The molecule has 2 bridgehead atoms. The Labute approximate surface area is 155 Å². The lowest BCUT2D eigenvalue weighted by Gasteiger charge is -2.38. The van der Waals surface area contributed by atoms with Crippen molar-refractivity contribution in [2.45, 2.75) is 19.8 Å². The Morgan fingerprint density at radius 2 is 1.78 bits per heavy atom. The van der Waals surface area contributed by atoms with E-state index >= 15 is 0 Å². The minimum absolute atomic E-state index is 0.0672. The van der Waals surface area contributed by atoms with Gasteiger partial charge in [-0.3, -0.25) is 29.4 Å². The maximum atomic E-state index is 12.7. The van der Waals surface area contributed by atoms with Crippen LogP contribution in [0.1, 0.15) is 18.4 Å². The van der Waals surface area contributed by atoms with Gasteiger partial charge in [0.2, 0.25) is 17.7 Å². The fourth-order valence-corrected chi connectivity index (χ4v) is 4.53. The van der Waals surface area contributed by atoms with Gasteiger partial charge in [-0.1, -0.05) is 12.2 Å². The lowest BCUT2D eigenvalue weighted by molar-refractivity contribution is -0.384. The molecule has 1 heterocycles. The van der Waals surface area contributed by atoms with E-state index in [0.717, 1.165) is 17.7 Å². The summed E-state index contributed by atoms with van der Waals surface area (Å²) in [5, 5.41) is 13.4. The van der Waals surface area contributed by atoms with E-state index in [9.17, 15) is 24.5 Å². The van der Waals surface area contributed by atoms with E-state index in [1.165, 1.54) is 18.2 Å². The Hall–Kier alpha value is -3.03. The van der Waals surface area contributed by atoms with Crippen LogP contribution in [0.4, 0.5) is 11.4 Å². The number of allylic oxidation sites excluding steroid dienone is 2. The van der Waals surface area contributed by atoms with Gasteiger partial charge in [-0.25, -0.2) is 0 Å². The number of fused-ring (bicyclic) bond motifs is 1. The number of hydrogen-bond acceptors (Lipinski definition) is 5. The number of aryl methyl sites for hydroxylation is 1. The van der Waals surface area contributed by atoms with E-state index in [0.29, 0.717) is 11.3 Å². The van der Waals surface area contributed by atoms with Gasteiger partial charge in [0, 0.05) is 17.8 Å². The maximum absolute atomic E-state index is 12.7. The molecule has 1 aromatic rings. The summed E-state index contributed by atoms with van der Waals surface area (Å²) in [6.07, 6.45) is 5.88. The second-order valence-electron chi connectivity index (χ2n) is 7.41. The summed E-state index contributed by atoms with van der Waals surface area (Å²) in [5.74, 6) is -1.53. The maximum Gasteiger partial charge on any atom is 0.269 e. The van der Waals surface area contributed by atoms with Gasteiger partial charge < -0.3 is 5.32 Å². The first-order valence-corrected chi connectivity index (χ1v) is 8.95. The van der Waals surface area contributed by atoms with Crippen LogP contribution in [0.25, 0.3) is 0 Å². The van der Waals surface area contributed by atoms with Gasteiger partial charge in [-0.15, -0.1) is 0 Å². The number of rotatable bonds is 4. The summed E-state index contributed by atoms with van der Waals surface area (Å²) in [6.45, 7) is 1.31. The van der Waals surface area contributed by atoms with Gasteiger partial charge in [0.1, 0.15) is 6.54 Å². The molecule has 8 heteroatoms. The molecule has 3 aliphatic carbocycles. The first kappa shape index (κ1) is 17.4. The molecule has 1 N–H and O–H groups in total. The normalized spacial score (nSPS) is 28.4. The molecule has 1 aliphatic heterocycles. The van der Waals surface area contributed by atoms with E-state index in [1.807, 2.05) is 12.2 Å². The molecule has 140 valence electrons. The molecule has 27 heavy (non-hydrogen) atoms. The molecule has 1 saturated carbocycles. The lowest BCUT2D eigenvalue weighted by atomic mass is 9.63. The van der Waals surface area contributed by atoms with Gasteiger partial charge in [-0.2, -0.15) is 0 Å². The van der Waals surface area contributed by atoms with Gasteiger partial charge in [0.25, 0.3) is 5.69 Å². The molecule has 2 fully saturated rings. The Morgan fingerprint density at radius 3 is 2.26 bits per heavy atom. The number of carbonyl (C=O) groups is 3. The van der Waals surface area contributed by atoms with Crippen molar-refractivity contribution in [1.82, 2.24) is 4.90 Å². The highest BCUT2D eigenvalue weighted by molar-refractivity contribution is 6.09. The topological polar surface area (TPSA) is 110 Å². The highest BCUT2D eigenvalue weighted by Crippen LogP contribution is 2.49. The molecule has 4 unspecified atom stereocenters. The second-order valence-corrected chi connectivity index (χ2v) is 7.41. The summed E-state index contributed by atoms with van der Waals surface area (Å²) in [6, 6.07) is 4.11. The van der Waals surface area contributed by atoms with E-state index in [-0.39, 0.29) is 47.7 Å². The second kappa shape index (κ2) is 6.29. The van der Waals surface area contributed by atoms with Crippen molar-refractivity contribution in [3.8, 4) is 0 Å². The molecule has 8 nitrogen and oxygen atoms in total. The van der Waals surface area contributed by atoms with E-state index < -0.39 is 10.8 Å². The highest BCUT2D eigenvalue weighted by atomic mass is 16.6. The molecular formula is C19H19N3O5. The number of imide groups is 1. The first-order chi connectivity index (χ1) is 12.9. The van der Waals surface area contributed by atoms with E-state index in [2.05, 4.69) is 5.32 Å².